The minimum Gasteiger partial charge on any atom is -0.459 e. The molecule has 30 heavy (non-hydrogen) atoms. The van der Waals surface area contributed by atoms with Crippen LogP contribution < -0.4 is 10.2 Å². The van der Waals surface area contributed by atoms with E-state index < -0.39 is 0 Å². The molecule has 0 aromatic carbocycles. The lowest BCUT2D eigenvalue weighted by Gasteiger charge is -2.37. The van der Waals surface area contributed by atoms with E-state index in [-0.39, 0.29) is 18.0 Å². The Morgan fingerprint density at radius 1 is 1.07 bits per heavy atom. The van der Waals surface area contributed by atoms with Gasteiger partial charge in [-0.15, -0.1) is 0 Å². The summed E-state index contributed by atoms with van der Waals surface area (Å²) in [5.41, 5.74) is 0.548. The predicted octanol–water partition coefficient (Wildman–Crippen LogP) is 1.68. The van der Waals surface area contributed by atoms with Crippen molar-refractivity contribution in [3.8, 4) is 6.07 Å². The number of pyridine rings is 1. The normalized spacial score (nSPS) is 17.5. The van der Waals surface area contributed by atoms with Crippen molar-refractivity contribution in [1.29, 1.82) is 5.26 Å². The molecule has 0 radical (unpaired) electrons. The van der Waals surface area contributed by atoms with Crippen molar-refractivity contribution in [2.75, 3.05) is 44.2 Å². The summed E-state index contributed by atoms with van der Waals surface area (Å²) < 4.78 is 5.17. The standard InChI is InChI=1S/C21H24N6O3/c22-14-16-3-4-19(23-15-16)25-7-5-17(6-8-25)24-21(29)27-11-9-26(10-12-27)20(28)18-2-1-13-30-18/h1-4,13,15,17H,5-12H2,(H,24,29). The second-order valence-corrected chi connectivity index (χ2v) is 7.48. The molecule has 9 nitrogen and oxygen atoms in total. The van der Waals surface area contributed by atoms with Gasteiger partial charge in [-0.2, -0.15) is 5.26 Å². The molecule has 2 saturated heterocycles. The van der Waals surface area contributed by atoms with E-state index in [9.17, 15) is 9.59 Å². The number of carbonyl (C=O) groups is 2. The average Bonchev–Trinajstić information content (AvgIpc) is 3.34. The van der Waals surface area contributed by atoms with Crippen molar-refractivity contribution in [1.82, 2.24) is 20.1 Å². The smallest absolute Gasteiger partial charge is 0.317 e. The molecule has 2 aromatic rings. The van der Waals surface area contributed by atoms with Gasteiger partial charge in [-0.3, -0.25) is 4.79 Å². The molecule has 4 heterocycles. The first-order chi connectivity index (χ1) is 14.6. The van der Waals surface area contributed by atoms with Gasteiger partial charge >= 0.3 is 6.03 Å². The van der Waals surface area contributed by atoms with Crippen LogP contribution in [0.3, 0.4) is 0 Å². The van der Waals surface area contributed by atoms with Gasteiger partial charge in [-0.05, 0) is 37.1 Å². The molecule has 0 saturated carbocycles. The number of hydrogen-bond acceptors (Lipinski definition) is 6. The van der Waals surface area contributed by atoms with Crippen LogP contribution >= 0.6 is 0 Å². The number of nitrogens with zero attached hydrogens (tertiary/aromatic N) is 5. The van der Waals surface area contributed by atoms with Crippen molar-refractivity contribution in [2.24, 2.45) is 0 Å². The molecule has 2 aliphatic rings. The zero-order valence-corrected chi connectivity index (χ0v) is 16.7. The van der Waals surface area contributed by atoms with E-state index in [2.05, 4.69) is 21.3 Å². The molecule has 0 unspecified atom stereocenters. The van der Waals surface area contributed by atoms with Crippen LogP contribution in [-0.2, 0) is 0 Å². The Bertz CT molecular complexity index is 905. The first kappa shape index (κ1) is 19.8. The molecule has 2 aliphatic heterocycles. The molecule has 0 spiro atoms. The number of nitrogens with one attached hydrogen (secondary N) is 1. The second-order valence-electron chi connectivity index (χ2n) is 7.48. The van der Waals surface area contributed by atoms with E-state index in [0.29, 0.717) is 37.5 Å². The summed E-state index contributed by atoms with van der Waals surface area (Å²) in [7, 11) is 0. The third kappa shape index (κ3) is 4.38. The maximum Gasteiger partial charge on any atom is 0.317 e. The molecule has 1 N–H and O–H groups in total. The summed E-state index contributed by atoms with van der Waals surface area (Å²) in [5.74, 6) is 1.05. The molecule has 0 atom stereocenters. The average molecular weight is 408 g/mol. The lowest BCUT2D eigenvalue weighted by atomic mass is 10.1. The quantitative estimate of drug-likeness (QED) is 0.828. The van der Waals surface area contributed by atoms with Crippen LogP contribution in [0.15, 0.2) is 41.1 Å². The highest BCUT2D eigenvalue weighted by atomic mass is 16.3. The Morgan fingerprint density at radius 3 is 2.40 bits per heavy atom. The van der Waals surface area contributed by atoms with Gasteiger partial charge in [-0.25, -0.2) is 9.78 Å². The Hall–Kier alpha value is -3.54. The predicted molar refractivity (Wildman–Crippen MR) is 109 cm³/mol. The summed E-state index contributed by atoms with van der Waals surface area (Å²) >= 11 is 0. The van der Waals surface area contributed by atoms with Crippen LogP contribution in [-0.4, -0.2) is 72.0 Å². The number of carbonyl (C=O) groups excluding carboxylic acids is 2. The third-order valence-electron chi connectivity index (χ3n) is 5.61. The maximum absolute atomic E-state index is 12.6. The summed E-state index contributed by atoms with van der Waals surface area (Å²) in [6.45, 7) is 3.61. The SMILES string of the molecule is N#Cc1ccc(N2CCC(NC(=O)N3CCN(C(=O)c4ccco4)CC3)CC2)nc1. The number of hydrogen-bond donors (Lipinski definition) is 1. The number of nitriles is 1. The molecule has 9 heteroatoms. The maximum atomic E-state index is 12.6. The summed E-state index contributed by atoms with van der Waals surface area (Å²) in [4.78, 5) is 34.9. The largest absolute Gasteiger partial charge is 0.459 e. The van der Waals surface area contributed by atoms with Crippen molar-refractivity contribution in [3.05, 3.63) is 48.0 Å². The molecular formula is C21H24N6O3. The van der Waals surface area contributed by atoms with Gasteiger partial charge in [0.1, 0.15) is 11.9 Å². The Kier molecular flexibility index (Phi) is 5.84. The highest BCUT2D eigenvalue weighted by Gasteiger charge is 2.28. The number of piperazine rings is 1. The number of furan rings is 1. The minimum absolute atomic E-state index is 0.0740. The number of urea groups is 1. The number of rotatable bonds is 3. The van der Waals surface area contributed by atoms with E-state index in [1.807, 2.05) is 6.07 Å². The highest BCUT2D eigenvalue weighted by molar-refractivity contribution is 5.91. The van der Waals surface area contributed by atoms with Crippen molar-refractivity contribution < 1.29 is 14.0 Å². The van der Waals surface area contributed by atoms with E-state index in [4.69, 9.17) is 9.68 Å². The molecule has 0 bridgehead atoms. The minimum atomic E-state index is -0.135. The molecule has 2 aromatic heterocycles. The van der Waals surface area contributed by atoms with E-state index in [1.54, 1.807) is 34.2 Å². The van der Waals surface area contributed by atoms with Gasteiger partial charge in [0.15, 0.2) is 5.76 Å². The van der Waals surface area contributed by atoms with Crippen molar-refractivity contribution in [2.45, 2.75) is 18.9 Å². The summed E-state index contributed by atoms with van der Waals surface area (Å²) in [5, 5.41) is 12.0. The van der Waals surface area contributed by atoms with Gasteiger partial charge in [0.25, 0.3) is 5.91 Å². The van der Waals surface area contributed by atoms with Crippen LogP contribution in [0.4, 0.5) is 10.6 Å². The van der Waals surface area contributed by atoms with E-state index >= 15 is 0 Å². The molecule has 4 rings (SSSR count). The third-order valence-corrected chi connectivity index (χ3v) is 5.61. The molecule has 0 aliphatic carbocycles. The van der Waals surface area contributed by atoms with Gasteiger partial charge in [0.05, 0.1) is 11.8 Å². The van der Waals surface area contributed by atoms with Crippen LogP contribution in [0.5, 0.6) is 0 Å². The van der Waals surface area contributed by atoms with Crippen molar-refractivity contribution in [3.63, 3.8) is 0 Å². The fourth-order valence-corrected chi connectivity index (χ4v) is 3.83. The number of aromatic nitrogens is 1. The van der Waals surface area contributed by atoms with Gasteiger partial charge in [-0.1, -0.05) is 0 Å². The van der Waals surface area contributed by atoms with Gasteiger partial charge in [0.2, 0.25) is 0 Å². The first-order valence-corrected chi connectivity index (χ1v) is 10.1. The molecule has 2 fully saturated rings. The number of amides is 3. The molecular weight excluding hydrogens is 384 g/mol. The van der Waals surface area contributed by atoms with Gasteiger partial charge in [0, 0.05) is 51.5 Å². The Morgan fingerprint density at radius 2 is 1.80 bits per heavy atom. The van der Waals surface area contributed by atoms with Crippen LogP contribution in [0.2, 0.25) is 0 Å². The van der Waals surface area contributed by atoms with E-state index in [1.165, 1.54) is 6.26 Å². The Labute approximate surface area is 174 Å². The Balaban J connectivity index is 1.21. The summed E-state index contributed by atoms with van der Waals surface area (Å²) in [6.07, 6.45) is 4.74. The van der Waals surface area contributed by atoms with E-state index in [0.717, 1.165) is 31.7 Å². The fourth-order valence-electron chi connectivity index (χ4n) is 3.83. The monoisotopic (exact) mass is 408 g/mol. The zero-order valence-electron chi connectivity index (χ0n) is 16.7. The number of piperidine rings is 1. The lowest BCUT2D eigenvalue weighted by molar-refractivity contribution is 0.0632. The summed E-state index contributed by atoms with van der Waals surface area (Å²) in [6, 6.07) is 9.10. The topological polar surface area (TPSA) is 106 Å². The molecule has 156 valence electrons. The molecule has 3 amide bonds. The van der Waals surface area contributed by atoms with Crippen molar-refractivity contribution >= 4 is 17.8 Å². The van der Waals surface area contributed by atoms with Gasteiger partial charge < -0.3 is 24.4 Å². The number of anilines is 1. The second kappa shape index (κ2) is 8.86. The van der Waals surface area contributed by atoms with Crippen LogP contribution in [0.25, 0.3) is 0 Å². The lowest BCUT2D eigenvalue weighted by Crippen LogP contribution is -2.55. The van der Waals surface area contributed by atoms with Crippen LogP contribution in [0, 0.1) is 11.3 Å². The highest BCUT2D eigenvalue weighted by Crippen LogP contribution is 2.18. The zero-order chi connectivity index (χ0) is 20.9. The first-order valence-electron chi connectivity index (χ1n) is 10.1. The fraction of sp³-hybridized carbons (Fsp3) is 0.429. The van der Waals surface area contributed by atoms with Crippen LogP contribution in [0.1, 0.15) is 29.0 Å².